The Morgan fingerprint density at radius 1 is 1.47 bits per heavy atom. The van der Waals surface area contributed by atoms with Crippen molar-refractivity contribution in [1.29, 1.82) is 0 Å². The van der Waals surface area contributed by atoms with Crippen molar-refractivity contribution in [2.24, 2.45) is 0 Å². The summed E-state index contributed by atoms with van der Waals surface area (Å²) in [6, 6.07) is 5.89. The SMILES string of the molecule is Cc1cc(Cl)nc(CSc2cccs2)n1. The van der Waals surface area contributed by atoms with Gasteiger partial charge in [-0.05, 0) is 24.4 Å². The van der Waals surface area contributed by atoms with Gasteiger partial charge in [0.15, 0.2) is 0 Å². The maximum Gasteiger partial charge on any atom is 0.140 e. The second-order valence-corrected chi connectivity index (χ2v) is 5.58. The normalized spacial score (nSPS) is 10.5. The number of aryl methyl sites for hydroxylation is 1. The van der Waals surface area contributed by atoms with Crippen molar-refractivity contribution in [2.45, 2.75) is 16.9 Å². The van der Waals surface area contributed by atoms with Gasteiger partial charge in [0, 0.05) is 5.69 Å². The minimum Gasteiger partial charge on any atom is -0.237 e. The van der Waals surface area contributed by atoms with Crippen LogP contribution in [-0.2, 0) is 5.75 Å². The van der Waals surface area contributed by atoms with Crippen LogP contribution in [0, 0.1) is 6.92 Å². The molecule has 0 fully saturated rings. The molecule has 0 spiro atoms. The Balaban J connectivity index is 2.05. The Morgan fingerprint density at radius 2 is 2.33 bits per heavy atom. The van der Waals surface area contributed by atoms with Crippen molar-refractivity contribution in [2.75, 3.05) is 0 Å². The number of rotatable bonds is 3. The highest BCUT2D eigenvalue weighted by Gasteiger charge is 2.02. The lowest BCUT2D eigenvalue weighted by molar-refractivity contribution is 0.996. The highest BCUT2D eigenvalue weighted by Crippen LogP contribution is 2.26. The maximum absolute atomic E-state index is 5.85. The van der Waals surface area contributed by atoms with Crippen LogP contribution < -0.4 is 0 Å². The van der Waals surface area contributed by atoms with Gasteiger partial charge >= 0.3 is 0 Å². The fraction of sp³-hybridized carbons (Fsp3) is 0.200. The molecule has 5 heteroatoms. The predicted octanol–water partition coefficient (Wildman–Crippen LogP) is 3.79. The second-order valence-electron chi connectivity index (χ2n) is 2.97. The van der Waals surface area contributed by atoms with E-state index in [0.717, 1.165) is 17.3 Å². The molecule has 78 valence electrons. The van der Waals surface area contributed by atoms with Crippen LogP contribution in [0.1, 0.15) is 11.5 Å². The topological polar surface area (TPSA) is 25.8 Å². The van der Waals surface area contributed by atoms with Crippen LogP contribution in [0.15, 0.2) is 27.8 Å². The second kappa shape index (κ2) is 4.96. The van der Waals surface area contributed by atoms with Crippen LogP contribution >= 0.6 is 34.7 Å². The first-order chi connectivity index (χ1) is 7.24. The van der Waals surface area contributed by atoms with Crippen LogP contribution in [0.4, 0.5) is 0 Å². The molecule has 0 radical (unpaired) electrons. The fourth-order valence-corrected chi connectivity index (χ4v) is 3.03. The molecule has 0 bridgehead atoms. The minimum atomic E-state index is 0.518. The number of nitrogens with zero attached hydrogens (tertiary/aromatic N) is 2. The quantitative estimate of drug-likeness (QED) is 0.617. The van der Waals surface area contributed by atoms with Gasteiger partial charge in [-0.2, -0.15) is 0 Å². The van der Waals surface area contributed by atoms with Gasteiger partial charge in [-0.25, -0.2) is 9.97 Å². The highest BCUT2D eigenvalue weighted by molar-refractivity contribution is 8.00. The summed E-state index contributed by atoms with van der Waals surface area (Å²) < 4.78 is 1.27. The van der Waals surface area contributed by atoms with Crippen LogP contribution in [0.3, 0.4) is 0 Å². The van der Waals surface area contributed by atoms with Crippen molar-refractivity contribution in [1.82, 2.24) is 9.97 Å². The molecule has 0 saturated heterocycles. The van der Waals surface area contributed by atoms with Crippen molar-refractivity contribution in [3.05, 3.63) is 40.3 Å². The zero-order chi connectivity index (χ0) is 10.7. The van der Waals surface area contributed by atoms with Gasteiger partial charge in [-0.1, -0.05) is 17.7 Å². The van der Waals surface area contributed by atoms with E-state index in [1.165, 1.54) is 4.21 Å². The molecule has 0 aromatic carbocycles. The van der Waals surface area contributed by atoms with Gasteiger partial charge < -0.3 is 0 Å². The average Bonchev–Trinajstić information content (AvgIpc) is 2.65. The highest BCUT2D eigenvalue weighted by atomic mass is 35.5. The maximum atomic E-state index is 5.85. The van der Waals surface area contributed by atoms with Gasteiger partial charge in [0.05, 0.1) is 9.96 Å². The number of hydrogen-bond donors (Lipinski definition) is 0. The van der Waals surface area contributed by atoms with E-state index in [2.05, 4.69) is 21.4 Å². The summed E-state index contributed by atoms with van der Waals surface area (Å²) >= 11 is 9.31. The van der Waals surface area contributed by atoms with E-state index in [1.54, 1.807) is 29.2 Å². The monoisotopic (exact) mass is 256 g/mol. The van der Waals surface area contributed by atoms with E-state index < -0.39 is 0 Å². The molecule has 2 nitrogen and oxygen atoms in total. The third-order valence-electron chi connectivity index (χ3n) is 1.71. The number of halogens is 1. The van der Waals surface area contributed by atoms with Gasteiger partial charge in [0.25, 0.3) is 0 Å². The first-order valence-corrected chi connectivity index (χ1v) is 6.65. The first-order valence-electron chi connectivity index (χ1n) is 4.40. The lowest BCUT2D eigenvalue weighted by Crippen LogP contribution is -1.94. The van der Waals surface area contributed by atoms with Crippen LogP contribution in [0.5, 0.6) is 0 Å². The molecule has 0 N–H and O–H groups in total. The average molecular weight is 257 g/mol. The summed E-state index contributed by atoms with van der Waals surface area (Å²) in [6.07, 6.45) is 0. The van der Waals surface area contributed by atoms with E-state index in [1.807, 2.05) is 13.0 Å². The molecule has 2 aromatic heterocycles. The van der Waals surface area contributed by atoms with E-state index in [-0.39, 0.29) is 0 Å². The molecule has 0 aliphatic carbocycles. The van der Waals surface area contributed by atoms with Gasteiger partial charge in [0.1, 0.15) is 11.0 Å². The molecule has 15 heavy (non-hydrogen) atoms. The van der Waals surface area contributed by atoms with Crippen molar-refractivity contribution in [3.63, 3.8) is 0 Å². The number of aromatic nitrogens is 2. The number of hydrogen-bond acceptors (Lipinski definition) is 4. The van der Waals surface area contributed by atoms with Crippen molar-refractivity contribution in [3.8, 4) is 0 Å². The number of thioether (sulfide) groups is 1. The Labute approximate surface area is 102 Å². The van der Waals surface area contributed by atoms with Crippen LogP contribution in [0.25, 0.3) is 0 Å². The number of thiophene rings is 1. The molecule has 0 unspecified atom stereocenters. The Morgan fingerprint density at radius 3 is 3.00 bits per heavy atom. The van der Waals surface area contributed by atoms with Crippen LogP contribution in [-0.4, -0.2) is 9.97 Å². The summed E-state index contributed by atoms with van der Waals surface area (Å²) in [5.41, 5.74) is 0.914. The Kier molecular flexibility index (Phi) is 3.61. The summed E-state index contributed by atoms with van der Waals surface area (Å²) in [7, 11) is 0. The van der Waals surface area contributed by atoms with Crippen molar-refractivity contribution < 1.29 is 0 Å². The molecule has 0 aliphatic heterocycles. The zero-order valence-electron chi connectivity index (χ0n) is 8.11. The van der Waals surface area contributed by atoms with Gasteiger partial charge in [-0.3, -0.25) is 0 Å². The van der Waals surface area contributed by atoms with Crippen LogP contribution in [0.2, 0.25) is 5.15 Å². The standard InChI is InChI=1S/C10H9ClN2S2/c1-7-5-8(11)13-9(12-7)6-15-10-3-2-4-14-10/h2-5H,6H2,1H3. The fourth-order valence-electron chi connectivity index (χ4n) is 1.13. The lowest BCUT2D eigenvalue weighted by atomic mass is 10.4. The summed E-state index contributed by atoms with van der Waals surface area (Å²) in [4.78, 5) is 8.49. The summed E-state index contributed by atoms with van der Waals surface area (Å²) in [5.74, 6) is 1.56. The third kappa shape index (κ3) is 3.19. The Hall–Kier alpha value is -0.580. The molecular weight excluding hydrogens is 248 g/mol. The summed E-state index contributed by atoms with van der Waals surface area (Å²) in [6.45, 7) is 1.92. The summed E-state index contributed by atoms with van der Waals surface area (Å²) in [5, 5.41) is 2.58. The molecule has 0 aliphatic rings. The largest absolute Gasteiger partial charge is 0.237 e. The third-order valence-corrected chi connectivity index (χ3v) is 4.03. The smallest absolute Gasteiger partial charge is 0.140 e. The molecule has 0 amide bonds. The molecule has 0 saturated carbocycles. The molecule has 2 rings (SSSR count). The van der Waals surface area contributed by atoms with Gasteiger partial charge in [0.2, 0.25) is 0 Å². The molecule has 2 heterocycles. The van der Waals surface area contributed by atoms with E-state index >= 15 is 0 Å². The van der Waals surface area contributed by atoms with E-state index in [4.69, 9.17) is 11.6 Å². The lowest BCUT2D eigenvalue weighted by Gasteiger charge is -2.00. The van der Waals surface area contributed by atoms with Gasteiger partial charge in [-0.15, -0.1) is 23.1 Å². The Bertz CT molecular complexity index is 422. The molecule has 0 atom stereocenters. The van der Waals surface area contributed by atoms with E-state index in [0.29, 0.717) is 5.15 Å². The zero-order valence-corrected chi connectivity index (χ0v) is 10.5. The van der Waals surface area contributed by atoms with Crippen molar-refractivity contribution >= 4 is 34.7 Å². The molecular formula is C10H9ClN2S2. The first kappa shape index (κ1) is 10.9. The minimum absolute atomic E-state index is 0.518. The predicted molar refractivity (Wildman–Crippen MR) is 65.7 cm³/mol. The molecule has 2 aromatic rings. The van der Waals surface area contributed by atoms with E-state index in [9.17, 15) is 0 Å².